The van der Waals surface area contributed by atoms with E-state index in [-0.39, 0.29) is 11.3 Å². The Labute approximate surface area is 95.7 Å². The fourth-order valence-electron chi connectivity index (χ4n) is 1.37. The summed E-state index contributed by atoms with van der Waals surface area (Å²) in [4.78, 5) is 11.7. The minimum absolute atomic E-state index is 0.199. The number of anilines is 1. The number of hydrogen-bond acceptors (Lipinski definition) is 2. The van der Waals surface area contributed by atoms with E-state index in [1.807, 2.05) is 0 Å². The second-order valence-corrected chi connectivity index (χ2v) is 3.46. The highest BCUT2D eigenvalue weighted by Crippen LogP contribution is 2.17. The number of carbonyl (C=O) groups is 1. The third-order valence-corrected chi connectivity index (χ3v) is 2.27. The third-order valence-electron chi connectivity index (χ3n) is 2.27. The first-order valence-corrected chi connectivity index (χ1v) is 4.85. The fourth-order valence-corrected chi connectivity index (χ4v) is 1.37. The van der Waals surface area contributed by atoms with Gasteiger partial charge in [0.25, 0.3) is 5.91 Å². The van der Waals surface area contributed by atoms with Crippen LogP contribution >= 0.6 is 0 Å². The maximum Gasteiger partial charge on any atom is 0.259 e. The Morgan fingerprint density at radius 3 is 2.82 bits per heavy atom. The van der Waals surface area contributed by atoms with Gasteiger partial charge < -0.3 is 5.32 Å². The van der Waals surface area contributed by atoms with Gasteiger partial charge in [-0.1, -0.05) is 6.07 Å². The summed E-state index contributed by atoms with van der Waals surface area (Å²) in [6.07, 6.45) is 1.32. The van der Waals surface area contributed by atoms with Crippen LogP contribution in [0.4, 0.5) is 14.5 Å². The number of benzene rings is 1. The molecule has 0 unspecified atom stereocenters. The first-order valence-electron chi connectivity index (χ1n) is 4.85. The molecule has 4 nitrogen and oxygen atoms in total. The van der Waals surface area contributed by atoms with E-state index in [1.54, 1.807) is 6.92 Å². The van der Waals surface area contributed by atoms with Crippen LogP contribution in [0.15, 0.2) is 24.4 Å². The molecular formula is C11H9F2N3O. The molecule has 6 heteroatoms. The van der Waals surface area contributed by atoms with E-state index in [0.29, 0.717) is 5.69 Å². The zero-order valence-corrected chi connectivity index (χ0v) is 8.92. The first-order chi connectivity index (χ1) is 8.09. The van der Waals surface area contributed by atoms with E-state index >= 15 is 0 Å². The van der Waals surface area contributed by atoms with Crippen molar-refractivity contribution in [1.29, 1.82) is 0 Å². The molecule has 0 aliphatic carbocycles. The SMILES string of the molecule is Cc1[nH]ncc1C(=O)Nc1cccc(F)c1F. The summed E-state index contributed by atoms with van der Waals surface area (Å²) < 4.78 is 26.2. The molecule has 1 amide bonds. The lowest BCUT2D eigenvalue weighted by molar-refractivity contribution is 0.102. The van der Waals surface area contributed by atoms with E-state index in [0.717, 1.165) is 6.07 Å². The minimum atomic E-state index is -1.08. The van der Waals surface area contributed by atoms with Gasteiger partial charge in [-0.2, -0.15) is 5.10 Å². The number of aryl methyl sites for hydroxylation is 1. The van der Waals surface area contributed by atoms with Crippen molar-refractivity contribution in [3.8, 4) is 0 Å². The predicted octanol–water partition coefficient (Wildman–Crippen LogP) is 2.25. The summed E-state index contributed by atoms with van der Waals surface area (Å²) in [5.41, 5.74) is 0.642. The molecule has 1 aromatic heterocycles. The van der Waals surface area contributed by atoms with Crippen LogP contribution in [0.1, 0.15) is 16.1 Å². The highest BCUT2D eigenvalue weighted by Gasteiger charge is 2.14. The number of H-pyrrole nitrogens is 1. The molecule has 0 aliphatic rings. The Bertz CT molecular complexity index is 566. The largest absolute Gasteiger partial charge is 0.319 e. The second kappa shape index (κ2) is 4.32. The van der Waals surface area contributed by atoms with Crippen LogP contribution in [0.5, 0.6) is 0 Å². The molecule has 0 bridgehead atoms. The molecule has 0 saturated heterocycles. The molecular weight excluding hydrogens is 228 g/mol. The number of rotatable bonds is 2. The number of halogens is 2. The lowest BCUT2D eigenvalue weighted by atomic mass is 10.2. The lowest BCUT2D eigenvalue weighted by Crippen LogP contribution is -2.13. The van der Waals surface area contributed by atoms with Crippen molar-refractivity contribution in [2.45, 2.75) is 6.92 Å². The van der Waals surface area contributed by atoms with Gasteiger partial charge in [0.2, 0.25) is 0 Å². The van der Waals surface area contributed by atoms with Gasteiger partial charge in [0.05, 0.1) is 17.4 Å². The summed E-state index contributed by atoms with van der Waals surface area (Å²) in [6.45, 7) is 1.66. The first kappa shape index (κ1) is 11.3. The van der Waals surface area contributed by atoms with Crippen molar-refractivity contribution in [3.63, 3.8) is 0 Å². The number of nitrogens with zero attached hydrogens (tertiary/aromatic N) is 1. The Morgan fingerprint density at radius 1 is 1.41 bits per heavy atom. The molecule has 0 radical (unpaired) electrons. The number of aromatic amines is 1. The highest BCUT2D eigenvalue weighted by atomic mass is 19.2. The van der Waals surface area contributed by atoms with Crippen LogP contribution in [0, 0.1) is 18.6 Å². The Morgan fingerprint density at radius 2 is 2.18 bits per heavy atom. The Kier molecular flexibility index (Phi) is 2.86. The average Bonchev–Trinajstić information content (AvgIpc) is 2.71. The molecule has 17 heavy (non-hydrogen) atoms. The maximum atomic E-state index is 13.3. The zero-order chi connectivity index (χ0) is 12.4. The van der Waals surface area contributed by atoms with Crippen LogP contribution in [0.3, 0.4) is 0 Å². The van der Waals surface area contributed by atoms with Gasteiger partial charge >= 0.3 is 0 Å². The van der Waals surface area contributed by atoms with Crippen molar-refractivity contribution >= 4 is 11.6 Å². The van der Waals surface area contributed by atoms with Crippen LogP contribution in [0.25, 0.3) is 0 Å². The fraction of sp³-hybridized carbons (Fsp3) is 0.0909. The molecule has 0 atom stereocenters. The van der Waals surface area contributed by atoms with E-state index in [4.69, 9.17) is 0 Å². The van der Waals surface area contributed by atoms with Crippen molar-refractivity contribution in [2.24, 2.45) is 0 Å². The number of hydrogen-bond donors (Lipinski definition) is 2. The van der Waals surface area contributed by atoms with Gasteiger partial charge in [0.15, 0.2) is 11.6 Å². The topological polar surface area (TPSA) is 57.8 Å². The number of nitrogens with one attached hydrogen (secondary N) is 2. The summed E-state index contributed by atoms with van der Waals surface area (Å²) in [6, 6.07) is 3.58. The molecule has 0 aliphatic heterocycles. The van der Waals surface area contributed by atoms with Crippen molar-refractivity contribution in [3.05, 3.63) is 47.3 Å². The van der Waals surface area contributed by atoms with Gasteiger partial charge in [-0.25, -0.2) is 8.78 Å². The summed E-state index contributed by atoms with van der Waals surface area (Å²) in [7, 11) is 0. The second-order valence-electron chi connectivity index (χ2n) is 3.46. The smallest absolute Gasteiger partial charge is 0.259 e. The Balaban J connectivity index is 2.25. The predicted molar refractivity (Wildman–Crippen MR) is 57.6 cm³/mol. The number of aromatic nitrogens is 2. The van der Waals surface area contributed by atoms with Gasteiger partial charge in [-0.05, 0) is 19.1 Å². The number of amides is 1. The van der Waals surface area contributed by atoms with E-state index in [9.17, 15) is 13.6 Å². The molecule has 1 aromatic carbocycles. The van der Waals surface area contributed by atoms with Crippen molar-refractivity contribution in [2.75, 3.05) is 5.32 Å². The molecule has 0 spiro atoms. The van der Waals surface area contributed by atoms with Gasteiger partial charge in [0.1, 0.15) is 0 Å². The van der Waals surface area contributed by atoms with Crippen LogP contribution in [-0.4, -0.2) is 16.1 Å². The lowest BCUT2D eigenvalue weighted by Gasteiger charge is -2.05. The molecule has 1 heterocycles. The normalized spacial score (nSPS) is 10.3. The molecule has 2 rings (SSSR count). The third kappa shape index (κ3) is 2.15. The zero-order valence-electron chi connectivity index (χ0n) is 8.92. The summed E-state index contributed by atoms with van der Waals surface area (Å²) >= 11 is 0. The Hall–Kier alpha value is -2.24. The van der Waals surface area contributed by atoms with Gasteiger partial charge in [-0.3, -0.25) is 9.89 Å². The minimum Gasteiger partial charge on any atom is -0.319 e. The molecule has 2 N–H and O–H groups in total. The van der Waals surface area contributed by atoms with Crippen molar-refractivity contribution in [1.82, 2.24) is 10.2 Å². The van der Waals surface area contributed by atoms with E-state index in [2.05, 4.69) is 15.5 Å². The molecule has 88 valence electrons. The molecule has 0 fully saturated rings. The van der Waals surface area contributed by atoms with Crippen LogP contribution in [0.2, 0.25) is 0 Å². The monoisotopic (exact) mass is 237 g/mol. The van der Waals surface area contributed by atoms with Crippen molar-refractivity contribution < 1.29 is 13.6 Å². The standard InChI is InChI=1S/C11H9F2N3O/c1-6-7(5-14-16-6)11(17)15-9-4-2-3-8(12)10(9)13/h2-5H,1H3,(H,14,16)(H,15,17). The van der Waals surface area contributed by atoms with E-state index < -0.39 is 17.5 Å². The highest BCUT2D eigenvalue weighted by molar-refractivity contribution is 6.04. The van der Waals surface area contributed by atoms with E-state index in [1.165, 1.54) is 18.3 Å². The summed E-state index contributed by atoms with van der Waals surface area (Å²) in [5, 5.41) is 8.53. The molecule has 2 aromatic rings. The average molecular weight is 237 g/mol. The number of carbonyl (C=O) groups excluding carboxylic acids is 1. The maximum absolute atomic E-state index is 13.3. The van der Waals surface area contributed by atoms with Crippen LogP contribution < -0.4 is 5.32 Å². The van der Waals surface area contributed by atoms with Crippen LogP contribution in [-0.2, 0) is 0 Å². The van der Waals surface area contributed by atoms with Gasteiger partial charge in [-0.15, -0.1) is 0 Å². The molecule has 0 saturated carbocycles. The van der Waals surface area contributed by atoms with Gasteiger partial charge in [0, 0.05) is 5.69 Å². The quantitative estimate of drug-likeness (QED) is 0.841. The summed E-state index contributed by atoms with van der Waals surface area (Å²) in [5.74, 6) is -2.63.